The highest BCUT2D eigenvalue weighted by Gasteiger charge is 2.44. The summed E-state index contributed by atoms with van der Waals surface area (Å²) in [6.07, 6.45) is 64.9. The Kier molecular flexibility index (Phi) is 55.6. The maximum Gasteiger partial charge on any atom is 0.249 e. The van der Waals surface area contributed by atoms with Crippen LogP contribution < -0.4 is 5.32 Å². The Labute approximate surface area is 498 Å². The van der Waals surface area contributed by atoms with Gasteiger partial charge in [0.15, 0.2) is 6.29 Å². The molecule has 0 aromatic rings. The minimum atomic E-state index is -1.67. The summed E-state index contributed by atoms with van der Waals surface area (Å²) in [4.78, 5) is 13.2. The quantitative estimate of drug-likeness (QED) is 0.0215. The molecule has 9 unspecified atom stereocenters. The van der Waals surface area contributed by atoms with Crippen molar-refractivity contribution in [1.82, 2.24) is 5.32 Å². The van der Waals surface area contributed by atoms with Crippen molar-refractivity contribution in [3.63, 3.8) is 0 Å². The normalized spacial score (nSPS) is 19.4. The number of nitrogens with one attached hydrogen (secondary N) is 1. The van der Waals surface area contributed by atoms with Gasteiger partial charge in [-0.05, 0) is 89.9 Å². The molecule has 11 heteroatoms. The Balaban J connectivity index is 2.20. The highest BCUT2D eigenvalue weighted by Crippen LogP contribution is 2.24. The minimum Gasteiger partial charge on any atom is -0.394 e. The van der Waals surface area contributed by atoms with E-state index >= 15 is 0 Å². The van der Waals surface area contributed by atoms with Crippen LogP contribution in [0, 0.1) is 0 Å². The van der Waals surface area contributed by atoms with Gasteiger partial charge in [0, 0.05) is 0 Å². The van der Waals surface area contributed by atoms with Crippen LogP contribution in [0.25, 0.3) is 0 Å². The lowest BCUT2D eigenvalue weighted by Crippen LogP contribution is -2.60. The van der Waals surface area contributed by atoms with Gasteiger partial charge in [0.25, 0.3) is 0 Å². The van der Waals surface area contributed by atoms with Crippen molar-refractivity contribution in [3.05, 3.63) is 48.6 Å². The zero-order valence-electron chi connectivity index (χ0n) is 52.5. The molecule has 0 aliphatic carbocycles. The first kappa shape index (κ1) is 77.1. The van der Waals surface area contributed by atoms with E-state index in [2.05, 4.69) is 67.8 Å². The third-order valence-corrected chi connectivity index (χ3v) is 16.6. The number of hydrogen-bond donors (Lipinski definition) is 8. The second-order valence-corrected chi connectivity index (χ2v) is 24.2. The summed E-state index contributed by atoms with van der Waals surface area (Å²) in [5, 5.41) is 76.4. The number of unbranched alkanes of at least 4 members (excludes halogenated alkanes) is 40. The summed E-state index contributed by atoms with van der Waals surface area (Å²) < 4.78 is 11.2. The maximum atomic E-state index is 13.2. The van der Waals surface area contributed by atoms with Gasteiger partial charge in [0.1, 0.15) is 36.6 Å². The average Bonchev–Trinajstić information content (AvgIpc) is 3.49. The summed E-state index contributed by atoms with van der Waals surface area (Å²) in [6, 6.07) is -1.20. The number of allylic oxidation sites excluding steroid dienone is 8. The maximum absolute atomic E-state index is 13.2. The van der Waals surface area contributed by atoms with Crippen molar-refractivity contribution in [2.75, 3.05) is 13.2 Å². The van der Waals surface area contributed by atoms with Crippen LogP contribution in [-0.4, -0.2) is 110 Å². The van der Waals surface area contributed by atoms with Gasteiger partial charge in [0.2, 0.25) is 5.91 Å². The van der Waals surface area contributed by atoms with Crippen molar-refractivity contribution in [2.24, 2.45) is 0 Å². The zero-order chi connectivity index (χ0) is 58.9. The lowest BCUT2D eigenvalue weighted by atomic mass is 9.98. The first-order chi connectivity index (χ1) is 39.7. The van der Waals surface area contributed by atoms with Gasteiger partial charge in [-0.2, -0.15) is 0 Å². The van der Waals surface area contributed by atoms with Crippen LogP contribution >= 0.6 is 0 Å². The Morgan fingerprint density at radius 1 is 0.420 bits per heavy atom. The third kappa shape index (κ3) is 46.0. The highest BCUT2D eigenvalue weighted by molar-refractivity contribution is 5.80. The second-order valence-electron chi connectivity index (χ2n) is 24.2. The summed E-state index contributed by atoms with van der Waals surface area (Å²) in [6.45, 7) is 3.47. The molecule has 1 heterocycles. The summed E-state index contributed by atoms with van der Waals surface area (Å²) in [5.41, 5.74) is 0. The van der Waals surface area contributed by atoms with Crippen LogP contribution in [0.2, 0.25) is 0 Å². The van der Waals surface area contributed by atoms with Gasteiger partial charge < -0.3 is 50.5 Å². The van der Waals surface area contributed by atoms with Crippen molar-refractivity contribution in [1.29, 1.82) is 0 Å². The van der Waals surface area contributed by atoms with Crippen LogP contribution in [0.3, 0.4) is 0 Å². The highest BCUT2D eigenvalue weighted by atomic mass is 16.7. The van der Waals surface area contributed by atoms with Crippen molar-refractivity contribution >= 4 is 5.91 Å². The fourth-order valence-electron chi connectivity index (χ4n) is 11.0. The SMILES string of the molecule is CCCCCCCCC/C=C/CC/C=C/CC/C=C/CCCC(O)C(O)C(COC1OC(CO)C(O)C(O)C1O)NC(=O)C(O)CCCCCCCCCCCCCCCCCC/C=C\CCCCCCCCCCCCCCCC. The van der Waals surface area contributed by atoms with E-state index in [0.29, 0.717) is 19.3 Å². The molecular formula is C70H131NO10. The molecule has 476 valence electrons. The Bertz CT molecular complexity index is 1460. The van der Waals surface area contributed by atoms with E-state index in [-0.39, 0.29) is 12.8 Å². The molecule has 1 aliphatic heterocycles. The molecule has 11 nitrogen and oxygen atoms in total. The number of aliphatic hydroxyl groups excluding tert-OH is 7. The van der Waals surface area contributed by atoms with Gasteiger partial charge in [0.05, 0.1) is 25.4 Å². The van der Waals surface area contributed by atoms with Crippen LogP contribution in [0.15, 0.2) is 48.6 Å². The fourth-order valence-corrected chi connectivity index (χ4v) is 11.0. The standard InChI is InChI=1S/C70H131NO10/c1-3-5-7-9-11-13-15-17-19-21-23-25-26-27-28-29-30-31-32-33-34-35-36-37-38-40-42-44-46-48-50-52-54-56-58-63(74)69(79)71-61(60-80-70-68(78)67(77)66(76)64(59-72)81-70)65(75)62(73)57-55-53-51-49-47-45-43-41-39-24-22-20-18-16-14-12-10-8-6-4-2/h20,22,29-30,41,43,49,51,61-68,70,72-78H,3-19,21,23-28,31-40,42,44-48,50,52-60H2,1-2H3,(H,71,79)/b22-20+,30-29-,43-41+,51-49+. The smallest absolute Gasteiger partial charge is 0.249 e. The monoisotopic (exact) mass is 1150 g/mol. The molecule has 0 aromatic heterocycles. The second kappa shape index (κ2) is 58.5. The lowest BCUT2D eigenvalue weighted by Gasteiger charge is -2.40. The Morgan fingerprint density at radius 2 is 0.741 bits per heavy atom. The zero-order valence-corrected chi connectivity index (χ0v) is 52.5. The van der Waals surface area contributed by atoms with Gasteiger partial charge in [-0.1, -0.05) is 281 Å². The molecule has 81 heavy (non-hydrogen) atoms. The Hall–Kier alpha value is -1.93. The molecule has 0 saturated carbocycles. The number of rotatable bonds is 60. The van der Waals surface area contributed by atoms with Crippen molar-refractivity contribution < 1.29 is 50.0 Å². The number of ether oxygens (including phenoxy) is 2. The van der Waals surface area contributed by atoms with E-state index in [0.717, 1.165) is 44.9 Å². The largest absolute Gasteiger partial charge is 0.394 e. The van der Waals surface area contributed by atoms with E-state index in [9.17, 15) is 40.5 Å². The summed E-state index contributed by atoms with van der Waals surface area (Å²) >= 11 is 0. The predicted octanol–water partition coefficient (Wildman–Crippen LogP) is 16.4. The number of carbonyl (C=O) groups excluding carboxylic acids is 1. The molecule has 1 fully saturated rings. The average molecular weight is 1150 g/mol. The molecule has 0 radical (unpaired) electrons. The summed E-state index contributed by atoms with van der Waals surface area (Å²) in [7, 11) is 0. The Morgan fingerprint density at radius 3 is 1.10 bits per heavy atom. The van der Waals surface area contributed by atoms with E-state index in [1.54, 1.807) is 0 Å². The molecule has 1 amide bonds. The van der Waals surface area contributed by atoms with E-state index < -0.39 is 74.2 Å². The van der Waals surface area contributed by atoms with Gasteiger partial charge in [-0.25, -0.2) is 0 Å². The van der Waals surface area contributed by atoms with E-state index in [1.807, 2.05) is 0 Å². The topological polar surface area (TPSA) is 189 Å². The molecule has 1 aliphatic rings. The molecule has 0 aromatic carbocycles. The molecule has 9 atom stereocenters. The van der Waals surface area contributed by atoms with Crippen LogP contribution in [-0.2, 0) is 14.3 Å². The molecule has 0 bridgehead atoms. The predicted molar refractivity (Wildman–Crippen MR) is 339 cm³/mol. The number of carbonyl (C=O) groups is 1. The summed E-state index contributed by atoms with van der Waals surface area (Å²) in [5.74, 6) is -0.709. The van der Waals surface area contributed by atoms with Gasteiger partial charge >= 0.3 is 0 Å². The minimum absolute atomic E-state index is 0.241. The van der Waals surface area contributed by atoms with Gasteiger partial charge in [-0.3, -0.25) is 4.79 Å². The van der Waals surface area contributed by atoms with Crippen LogP contribution in [0.4, 0.5) is 0 Å². The number of aliphatic hydroxyl groups is 7. The molecule has 8 N–H and O–H groups in total. The molecule has 1 saturated heterocycles. The number of amides is 1. The lowest BCUT2D eigenvalue weighted by molar-refractivity contribution is -0.303. The molecule has 1 rings (SSSR count). The van der Waals surface area contributed by atoms with E-state index in [4.69, 9.17) is 9.47 Å². The van der Waals surface area contributed by atoms with Crippen LogP contribution in [0.5, 0.6) is 0 Å². The van der Waals surface area contributed by atoms with E-state index in [1.165, 1.54) is 231 Å². The van der Waals surface area contributed by atoms with Crippen LogP contribution in [0.1, 0.15) is 322 Å². The van der Waals surface area contributed by atoms with Gasteiger partial charge in [-0.15, -0.1) is 0 Å². The number of hydrogen-bond acceptors (Lipinski definition) is 10. The molecular weight excluding hydrogens is 1010 g/mol. The fraction of sp³-hybridized carbons (Fsp3) is 0.871. The first-order valence-corrected chi connectivity index (χ1v) is 34.5. The first-order valence-electron chi connectivity index (χ1n) is 34.5. The van der Waals surface area contributed by atoms with Crippen molar-refractivity contribution in [3.8, 4) is 0 Å². The molecule has 0 spiro atoms. The third-order valence-electron chi connectivity index (χ3n) is 16.6. The van der Waals surface area contributed by atoms with Crippen molar-refractivity contribution in [2.45, 2.75) is 377 Å².